The molecular formula is C22H28FIO. The molecule has 0 bridgehead atoms. The normalized spacial score (nSPS) is 33.8. The number of halogens is 2. The molecule has 4 rings (SSSR count). The summed E-state index contributed by atoms with van der Waals surface area (Å²) in [4.78, 5) is 0. The first-order valence-electron chi connectivity index (χ1n) is 9.84. The lowest BCUT2D eigenvalue weighted by Gasteiger charge is -2.50. The van der Waals surface area contributed by atoms with Crippen LogP contribution in [0.15, 0.2) is 35.4 Å². The van der Waals surface area contributed by atoms with Crippen LogP contribution in [0.2, 0.25) is 0 Å². The second-order valence-electron chi connectivity index (χ2n) is 8.24. The lowest BCUT2D eigenvalue weighted by atomic mass is 9.53. The van der Waals surface area contributed by atoms with Crippen molar-refractivity contribution in [1.29, 1.82) is 0 Å². The molecule has 3 heteroatoms. The maximum atomic E-state index is 13.0. The van der Waals surface area contributed by atoms with E-state index in [1.54, 1.807) is 22.3 Å². The molecule has 3 atom stereocenters. The third-order valence-corrected chi connectivity index (χ3v) is 8.08. The number of allylic oxidation sites excluding steroid dienone is 1. The van der Waals surface area contributed by atoms with Crippen molar-refractivity contribution >= 4 is 23.0 Å². The molecule has 1 saturated carbocycles. The average molecular weight is 454 g/mol. The molecule has 1 fully saturated rings. The Hall–Kier alpha value is -0.420. The van der Waals surface area contributed by atoms with E-state index < -0.39 is 0 Å². The number of aryl methyl sites for hydroxylation is 1. The van der Waals surface area contributed by atoms with E-state index in [-0.39, 0.29) is 17.5 Å². The Morgan fingerprint density at radius 1 is 1.20 bits per heavy atom. The summed E-state index contributed by atoms with van der Waals surface area (Å²) in [5, 5.41) is 0. The summed E-state index contributed by atoms with van der Waals surface area (Å²) in [6.07, 6.45) is 10.1. The zero-order valence-electron chi connectivity index (χ0n) is 15.1. The zero-order chi connectivity index (χ0) is 17.5. The predicted molar refractivity (Wildman–Crippen MR) is 109 cm³/mol. The molecule has 136 valence electrons. The molecule has 0 spiro atoms. The van der Waals surface area contributed by atoms with Gasteiger partial charge in [-0.2, -0.15) is 0 Å². The van der Waals surface area contributed by atoms with Gasteiger partial charge in [0.15, 0.2) is 0 Å². The van der Waals surface area contributed by atoms with Gasteiger partial charge in [-0.25, -0.2) is 0 Å². The van der Waals surface area contributed by atoms with Gasteiger partial charge >= 0.3 is 0 Å². The van der Waals surface area contributed by atoms with Crippen molar-refractivity contribution in [2.45, 2.75) is 76.2 Å². The zero-order valence-corrected chi connectivity index (χ0v) is 17.3. The molecule has 1 aromatic carbocycles. The van der Waals surface area contributed by atoms with Crippen molar-refractivity contribution in [2.75, 3.05) is 6.67 Å². The Balaban J connectivity index is 1.85. The maximum Gasteiger partial charge on any atom is 0.110 e. The van der Waals surface area contributed by atoms with Crippen LogP contribution >= 0.6 is 23.0 Å². The van der Waals surface area contributed by atoms with Crippen LogP contribution in [0.5, 0.6) is 0 Å². The third-order valence-electron chi connectivity index (χ3n) is 7.36. The summed E-state index contributed by atoms with van der Waals surface area (Å²) >= 11 is 2.07. The van der Waals surface area contributed by atoms with E-state index in [2.05, 4.69) is 54.2 Å². The minimum atomic E-state index is -0.193. The van der Waals surface area contributed by atoms with E-state index in [0.717, 1.165) is 25.7 Å². The highest BCUT2D eigenvalue weighted by molar-refractivity contribution is 14.1. The SMILES string of the molecule is CC[C@@]12CC[C@@]3(CCCF)C[C@@H](OI)CC3=C1CCc1ccccc12. The van der Waals surface area contributed by atoms with E-state index in [9.17, 15) is 4.39 Å². The minimum Gasteiger partial charge on any atom is -0.312 e. The van der Waals surface area contributed by atoms with Gasteiger partial charge in [0.2, 0.25) is 0 Å². The van der Waals surface area contributed by atoms with Crippen LogP contribution in [0, 0.1) is 5.41 Å². The second-order valence-corrected chi connectivity index (χ2v) is 8.75. The number of rotatable bonds is 5. The molecule has 0 N–H and O–H groups in total. The first-order chi connectivity index (χ1) is 12.2. The monoisotopic (exact) mass is 454 g/mol. The molecule has 1 aromatic rings. The van der Waals surface area contributed by atoms with Gasteiger partial charge in [-0.1, -0.05) is 42.3 Å². The van der Waals surface area contributed by atoms with Gasteiger partial charge in [-0.3, -0.25) is 4.39 Å². The molecule has 0 aromatic heterocycles. The molecule has 3 aliphatic rings. The van der Waals surface area contributed by atoms with Gasteiger partial charge in [0.1, 0.15) is 23.0 Å². The van der Waals surface area contributed by atoms with Crippen molar-refractivity contribution in [3.63, 3.8) is 0 Å². The molecule has 3 aliphatic carbocycles. The fourth-order valence-corrected chi connectivity index (χ4v) is 6.60. The van der Waals surface area contributed by atoms with Crippen LogP contribution in [-0.4, -0.2) is 12.8 Å². The quantitative estimate of drug-likeness (QED) is 0.358. The Morgan fingerprint density at radius 3 is 2.80 bits per heavy atom. The molecule has 25 heavy (non-hydrogen) atoms. The lowest BCUT2D eigenvalue weighted by Crippen LogP contribution is -2.41. The van der Waals surface area contributed by atoms with Crippen LogP contribution in [0.4, 0.5) is 4.39 Å². The second kappa shape index (κ2) is 6.95. The summed E-state index contributed by atoms with van der Waals surface area (Å²) in [6.45, 7) is 2.17. The Labute approximate surface area is 165 Å². The van der Waals surface area contributed by atoms with Gasteiger partial charge < -0.3 is 3.07 Å². The summed E-state index contributed by atoms with van der Waals surface area (Å²) in [6, 6.07) is 9.09. The smallest absolute Gasteiger partial charge is 0.110 e. The van der Waals surface area contributed by atoms with Gasteiger partial charge in [0, 0.05) is 5.41 Å². The third kappa shape index (κ3) is 2.72. The summed E-state index contributed by atoms with van der Waals surface area (Å²) < 4.78 is 18.8. The number of hydrogen-bond donors (Lipinski definition) is 0. The van der Waals surface area contributed by atoms with Crippen LogP contribution in [-0.2, 0) is 14.9 Å². The number of benzene rings is 1. The molecule has 0 unspecified atom stereocenters. The molecule has 0 saturated heterocycles. The van der Waals surface area contributed by atoms with Crippen molar-refractivity contribution < 1.29 is 7.46 Å². The fraction of sp³-hybridized carbons (Fsp3) is 0.636. The van der Waals surface area contributed by atoms with Gasteiger partial charge in [-0.05, 0) is 74.3 Å². The van der Waals surface area contributed by atoms with Gasteiger partial charge in [0.05, 0.1) is 12.8 Å². The van der Waals surface area contributed by atoms with Crippen LogP contribution < -0.4 is 0 Å². The number of hydrogen-bond acceptors (Lipinski definition) is 1. The first kappa shape index (κ1) is 18.0. The Morgan fingerprint density at radius 2 is 2.04 bits per heavy atom. The summed E-state index contributed by atoms with van der Waals surface area (Å²) in [5.41, 5.74) is 6.92. The standard InChI is InChI=1S/C22H28FIO/c1-2-22-12-11-21(10-5-13-23)15-17(25-24)14-20(21)19(22)9-8-16-6-3-4-7-18(16)22/h3-4,6-7,17H,2,5,8-15H2,1H3/t17-,21-,22-/m0/s1. The Bertz CT molecular complexity index is 684. The largest absolute Gasteiger partial charge is 0.312 e. The summed E-state index contributed by atoms with van der Waals surface area (Å²) in [7, 11) is 0. The van der Waals surface area contributed by atoms with E-state index in [1.807, 2.05) is 0 Å². The molecule has 1 nitrogen and oxygen atoms in total. The van der Waals surface area contributed by atoms with E-state index in [0.29, 0.717) is 12.5 Å². The van der Waals surface area contributed by atoms with Crippen molar-refractivity contribution in [3.05, 3.63) is 46.5 Å². The van der Waals surface area contributed by atoms with Gasteiger partial charge in [-0.15, -0.1) is 0 Å². The topological polar surface area (TPSA) is 9.23 Å². The predicted octanol–water partition coefficient (Wildman–Crippen LogP) is 6.64. The van der Waals surface area contributed by atoms with Crippen LogP contribution in [0.1, 0.15) is 69.4 Å². The highest BCUT2D eigenvalue weighted by atomic mass is 127. The van der Waals surface area contributed by atoms with E-state index in [1.165, 1.54) is 25.7 Å². The van der Waals surface area contributed by atoms with Crippen molar-refractivity contribution in [3.8, 4) is 0 Å². The fourth-order valence-electron chi connectivity index (χ4n) is 6.24. The number of fused-ring (bicyclic) bond motifs is 4. The molecular weight excluding hydrogens is 426 g/mol. The van der Waals surface area contributed by atoms with E-state index >= 15 is 0 Å². The van der Waals surface area contributed by atoms with E-state index in [4.69, 9.17) is 3.07 Å². The molecule has 0 amide bonds. The average Bonchev–Trinajstić information content (AvgIpc) is 3.05. The first-order valence-corrected chi connectivity index (χ1v) is 10.7. The minimum absolute atomic E-state index is 0.193. The lowest BCUT2D eigenvalue weighted by molar-refractivity contribution is 0.185. The van der Waals surface area contributed by atoms with Crippen LogP contribution in [0.3, 0.4) is 0 Å². The van der Waals surface area contributed by atoms with Gasteiger partial charge in [0.25, 0.3) is 0 Å². The van der Waals surface area contributed by atoms with Crippen molar-refractivity contribution in [1.82, 2.24) is 0 Å². The Kier molecular flexibility index (Phi) is 5.00. The highest BCUT2D eigenvalue weighted by Crippen LogP contribution is 2.63. The molecule has 0 radical (unpaired) electrons. The highest BCUT2D eigenvalue weighted by Gasteiger charge is 2.53. The van der Waals surface area contributed by atoms with Crippen LogP contribution in [0.25, 0.3) is 0 Å². The molecule has 0 heterocycles. The number of alkyl halides is 1. The summed E-state index contributed by atoms with van der Waals surface area (Å²) in [5.74, 6) is 0. The van der Waals surface area contributed by atoms with Crippen molar-refractivity contribution in [2.24, 2.45) is 5.41 Å². The maximum absolute atomic E-state index is 13.0. The molecule has 0 aliphatic heterocycles.